The van der Waals surface area contributed by atoms with E-state index in [0.717, 1.165) is 17.5 Å². The van der Waals surface area contributed by atoms with Crippen LogP contribution in [0.15, 0.2) is 78.9 Å². The largest absolute Gasteiger partial charge is 0.488 e. The molecule has 3 aromatic carbocycles. The molecule has 22 heavy (non-hydrogen) atoms. The van der Waals surface area contributed by atoms with E-state index in [1.807, 2.05) is 18.2 Å². The summed E-state index contributed by atoms with van der Waals surface area (Å²) < 4.78 is 0. The van der Waals surface area contributed by atoms with E-state index in [2.05, 4.69) is 48.5 Å². The molecule has 0 saturated carbocycles. The van der Waals surface area contributed by atoms with Crippen molar-refractivity contribution in [2.75, 3.05) is 0 Å². The zero-order valence-corrected chi connectivity index (χ0v) is 12.2. The molecule has 0 radical (unpaired) electrons. The third-order valence-electron chi connectivity index (χ3n) is 3.72. The average Bonchev–Trinajstić information content (AvgIpc) is 2.56. The summed E-state index contributed by atoms with van der Waals surface area (Å²) >= 11 is 0. The molecular weight excluding hydrogens is 271 g/mol. The molecule has 0 aliphatic carbocycles. The Bertz CT molecular complexity index is 737. The molecule has 0 bridgehead atoms. The van der Waals surface area contributed by atoms with Crippen LogP contribution >= 0.6 is 0 Å². The molecule has 108 valence electrons. The highest BCUT2D eigenvalue weighted by molar-refractivity contribution is 6.58. The second kappa shape index (κ2) is 6.61. The van der Waals surface area contributed by atoms with Crippen LogP contribution in [0.2, 0.25) is 0 Å². The maximum absolute atomic E-state index is 9.15. The maximum atomic E-state index is 9.15. The van der Waals surface area contributed by atoms with Crippen molar-refractivity contribution in [1.82, 2.24) is 0 Å². The van der Waals surface area contributed by atoms with Gasteiger partial charge in [0.2, 0.25) is 0 Å². The first-order valence-corrected chi connectivity index (χ1v) is 7.32. The molecule has 3 heteroatoms. The Balaban J connectivity index is 1.84. The molecule has 0 amide bonds. The Labute approximate surface area is 130 Å². The molecule has 0 atom stereocenters. The average molecular weight is 288 g/mol. The molecule has 0 aliphatic heterocycles. The summed E-state index contributed by atoms with van der Waals surface area (Å²) in [4.78, 5) is 0. The first-order valence-electron chi connectivity index (χ1n) is 7.32. The summed E-state index contributed by atoms with van der Waals surface area (Å²) in [7, 11) is -1.42. The molecule has 3 aromatic rings. The van der Waals surface area contributed by atoms with Crippen molar-refractivity contribution >= 4 is 12.6 Å². The van der Waals surface area contributed by atoms with Crippen LogP contribution in [0.3, 0.4) is 0 Å². The van der Waals surface area contributed by atoms with E-state index >= 15 is 0 Å². The van der Waals surface area contributed by atoms with Crippen LogP contribution < -0.4 is 5.46 Å². The number of benzene rings is 3. The normalized spacial score (nSPS) is 10.5. The zero-order chi connectivity index (χ0) is 15.4. The summed E-state index contributed by atoms with van der Waals surface area (Å²) in [5.41, 5.74) is 5.25. The quantitative estimate of drug-likeness (QED) is 0.725. The Hall–Kier alpha value is -2.36. The summed E-state index contributed by atoms with van der Waals surface area (Å²) in [6.45, 7) is 0. The molecule has 0 spiro atoms. The molecular formula is C19H17BO2. The van der Waals surface area contributed by atoms with Crippen LogP contribution in [0.1, 0.15) is 11.1 Å². The summed E-state index contributed by atoms with van der Waals surface area (Å²) in [6.07, 6.45) is 0.905. The van der Waals surface area contributed by atoms with E-state index in [1.165, 1.54) is 11.1 Å². The number of hydrogen-bond donors (Lipinski definition) is 2. The molecule has 0 heterocycles. The van der Waals surface area contributed by atoms with Crippen molar-refractivity contribution < 1.29 is 10.0 Å². The van der Waals surface area contributed by atoms with Crippen LogP contribution in [-0.2, 0) is 6.42 Å². The predicted molar refractivity (Wildman–Crippen MR) is 91.0 cm³/mol. The fraction of sp³-hybridized carbons (Fsp3) is 0.0526. The van der Waals surface area contributed by atoms with Crippen LogP contribution in [0.25, 0.3) is 11.1 Å². The van der Waals surface area contributed by atoms with Gasteiger partial charge in [0.15, 0.2) is 0 Å². The molecule has 0 fully saturated rings. The van der Waals surface area contributed by atoms with Crippen LogP contribution in [0.4, 0.5) is 0 Å². The van der Waals surface area contributed by atoms with E-state index in [9.17, 15) is 0 Å². The Morgan fingerprint density at radius 2 is 1.32 bits per heavy atom. The highest BCUT2D eigenvalue weighted by Crippen LogP contribution is 2.21. The number of hydrogen-bond acceptors (Lipinski definition) is 2. The highest BCUT2D eigenvalue weighted by atomic mass is 16.4. The van der Waals surface area contributed by atoms with Gasteiger partial charge in [-0.2, -0.15) is 0 Å². The van der Waals surface area contributed by atoms with E-state index in [-0.39, 0.29) is 0 Å². The molecule has 3 rings (SSSR count). The SMILES string of the molecule is OB(O)c1ccc(-c2cccc(Cc3ccccc3)c2)cc1. The minimum absolute atomic E-state index is 0.504. The Morgan fingerprint density at radius 3 is 2.00 bits per heavy atom. The lowest BCUT2D eigenvalue weighted by molar-refractivity contribution is 0.426. The van der Waals surface area contributed by atoms with Crippen molar-refractivity contribution in [3.05, 3.63) is 90.0 Å². The summed E-state index contributed by atoms with van der Waals surface area (Å²) in [5.74, 6) is 0. The molecule has 0 aliphatic rings. The van der Waals surface area contributed by atoms with Gasteiger partial charge in [0, 0.05) is 0 Å². The van der Waals surface area contributed by atoms with Gasteiger partial charge in [0.05, 0.1) is 0 Å². The summed E-state index contributed by atoms with van der Waals surface area (Å²) in [6, 6.07) is 26.1. The molecule has 0 unspecified atom stereocenters. The fourth-order valence-corrected chi connectivity index (χ4v) is 2.54. The second-order valence-electron chi connectivity index (χ2n) is 5.36. The number of rotatable bonds is 4. The van der Waals surface area contributed by atoms with Gasteiger partial charge in [-0.3, -0.25) is 0 Å². The van der Waals surface area contributed by atoms with Crippen LogP contribution in [0, 0.1) is 0 Å². The smallest absolute Gasteiger partial charge is 0.423 e. The fourth-order valence-electron chi connectivity index (χ4n) is 2.54. The van der Waals surface area contributed by atoms with Gasteiger partial charge in [0.1, 0.15) is 0 Å². The van der Waals surface area contributed by atoms with Gasteiger partial charge in [0.25, 0.3) is 0 Å². The minimum Gasteiger partial charge on any atom is -0.423 e. The first kappa shape index (κ1) is 14.6. The van der Waals surface area contributed by atoms with E-state index in [0.29, 0.717) is 5.46 Å². The van der Waals surface area contributed by atoms with Crippen molar-refractivity contribution in [1.29, 1.82) is 0 Å². The van der Waals surface area contributed by atoms with Gasteiger partial charge in [-0.1, -0.05) is 78.9 Å². The zero-order valence-electron chi connectivity index (χ0n) is 12.2. The predicted octanol–water partition coefficient (Wildman–Crippen LogP) is 2.62. The molecule has 0 saturated heterocycles. The van der Waals surface area contributed by atoms with Gasteiger partial charge in [-0.25, -0.2) is 0 Å². The van der Waals surface area contributed by atoms with Gasteiger partial charge >= 0.3 is 7.12 Å². The lowest BCUT2D eigenvalue weighted by Crippen LogP contribution is -2.29. The van der Waals surface area contributed by atoms with Crippen molar-refractivity contribution in [3.63, 3.8) is 0 Å². The third-order valence-corrected chi connectivity index (χ3v) is 3.72. The highest BCUT2D eigenvalue weighted by Gasteiger charge is 2.10. The van der Waals surface area contributed by atoms with Crippen molar-refractivity contribution in [2.45, 2.75) is 6.42 Å². The van der Waals surface area contributed by atoms with Gasteiger partial charge < -0.3 is 10.0 Å². The summed E-state index contributed by atoms with van der Waals surface area (Å²) in [5, 5.41) is 18.3. The van der Waals surface area contributed by atoms with Crippen molar-refractivity contribution in [3.8, 4) is 11.1 Å². The molecule has 0 aromatic heterocycles. The molecule has 2 N–H and O–H groups in total. The standard InChI is InChI=1S/C19H17BO2/c21-20(22)19-11-9-17(10-12-19)18-8-4-7-16(14-18)13-15-5-2-1-3-6-15/h1-12,14,21-22H,13H2. The van der Waals surface area contributed by atoms with E-state index < -0.39 is 7.12 Å². The van der Waals surface area contributed by atoms with E-state index in [1.54, 1.807) is 12.1 Å². The van der Waals surface area contributed by atoms with Crippen molar-refractivity contribution in [2.24, 2.45) is 0 Å². The second-order valence-corrected chi connectivity index (χ2v) is 5.36. The topological polar surface area (TPSA) is 40.5 Å². The van der Waals surface area contributed by atoms with E-state index in [4.69, 9.17) is 10.0 Å². The Kier molecular flexibility index (Phi) is 4.38. The van der Waals surface area contributed by atoms with Crippen LogP contribution in [0.5, 0.6) is 0 Å². The monoisotopic (exact) mass is 288 g/mol. The lowest BCUT2D eigenvalue weighted by Gasteiger charge is -2.07. The maximum Gasteiger partial charge on any atom is 0.488 e. The van der Waals surface area contributed by atoms with Gasteiger partial charge in [-0.15, -0.1) is 0 Å². The van der Waals surface area contributed by atoms with Crippen LogP contribution in [-0.4, -0.2) is 17.2 Å². The third kappa shape index (κ3) is 3.45. The molecule has 2 nitrogen and oxygen atoms in total. The van der Waals surface area contributed by atoms with Gasteiger partial charge in [-0.05, 0) is 34.1 Å². The minimum atomic E-state index is -1.42. The Morgan fingerprint density at radius 1 is 0.636 bits per heavy atom. The lowest BCUT2D eigenvalue weighted by atomic mass is 9.80. The first-order chi connectivity index (χ1) is 10.7.